The van der Waals surface area contributed by atoms with Crippen LogP contribution in [-0.4, -0.2) is 29.2 Å². The molecule has 122 valence electrons. The van der Waals surface area contributed by atoms with Gasteiger partial charge in [-0.2, -0.15) is 0 Å². The van der Waals surface area contributed by atoms with Crippen LogP contribution in [-0.2, 0) is 4.74 Å². The predicted octanol–water partition coefficient (Wildman–Crippen LogP) is 3.13. The first-order valence-electron chi connectivity index (χ1n) is 6.66. The monoisotopic (exact) mass is 391 g/mol. The fourth-order valence-electron chi connectivity index (χ4n) is 1.85. The SMILES string of the molecule is COC(=O)c1ccc(C(=O)Nc2nnc(-c3ccc(Br)o3)o2)cc1. The molecule has 0 fully saturated rings. The molecule has 2 heterocycles. The molecule has 3 rings (SSSR count). The Bertz CT molecular complexity index is 885. The minimum atomic E-state index is -0.479. The van der Waals surface area contributed by atoms with Crippen molar-refractivity contribution in [1.82, 2.24) is 10.2 Å². The van der Waals surface area contributed by atoms with Gasteiger partial charge in [0.05, 0.1) is 12.7 Å². The van der Waals surface area contributed by atoms with Gasteiger partial charge in [-0.3, -0.25) is 10.1 Å². The molecule has 0 saturated carbocycles. The molecule has 1 N–H and O–H groups in total. The van der Waals surface area contributed by atoms with E-state index in [4.69, 9.17) is 8.83 Å². The number of carbonyl (C=O) groups excluding carboxylic acids is 2. The van der Waals surface area contributed by atoms with Gasteiger partial charge in [-0.1, -0.05) is 5.10 Å². The molecular weight excluding hydrogens is 382 g/mol. The van der Waals surface area contributed by atoms with Crippen LogP contribution in [0.3, 0.4) is 0 Å². The van der Waals surface area contributed by atoms with E-state index in [9.17, 15) is 9.59 Å². The summed E-state index contributed by atoms with van der Waals surface area (Å²) in [4.78, 5) is 23.5. The summed E-state index contributed by atoms with van der Waals surface area (Å²) < 4.78 is 15.7. The van der Waals surface area contributed by atoms with Crippen molar-refractivity contribution in [3.8, 4) is 11.7 Å². The van der Waals surface area contributed by atoms with Gasteiger partial charge in [-0.25, -0.2) is 4.79 Å². The zero-order chi connectivity index (χ0) is 17.1. The summed E-state index contributed by atoms with van der Waals surface area (Å²) in [6, 6.07) is 9.21. The van der Waals surface area contributed by atoms with Crippen LogP contribution in [0.4, 0.5) is 6.01 Å². The summed E-state index contributed by atoms with van der Waals surface area (Å²) >= 11 is 3.17. The van der Waals surface area contributed by atoms with Crippen LogP contribution in [0.5, 0.6) is 0 Å². The molecule has 1 amide bonds. The number of nitrogens with one attached hydrogen (secondary N) is 1. The van der Waals surface area contributed by atoms with Crippen molar-refractivity contribution in [2.24, 2.45) is 0 Å². The number of methoxy groups -OCH3 is 1. The second-order valence-corrected chi connectivity index (χ2v) is 5.32. The summed E-state index contributed by atoms with van der Waals surface area (Å²) in [5.74, 6) is -0.426. The molecule has 0 aliphatic heterocycles. The molecule has 0 aliphatic rings. The number of nitrogens with zero attached hydrogens (tertiary/aromatic N) is 2. The topological polar surface area (TPSA) is 107 Å². The van der Waals surface area contributed by atoms with Gasteiger partial charge in [-0.15, -0.1) is 5.10 Å². The van der Waals surface area contributed by atoms with E-state index >= 15 is 0 Å². The molecule has 1 aromatic carbocycles. The summed E-state index contributed by atoms with van der Waals surface area (Å²) in [5.41, 5.74) is 0.667. The Balaban J connectivity index is 1.71. The first-order chi connectivity index (χ1) is 11.6. The Labute approximate surface area is 143 Å². The van der Waals surface area contributed by atoms with Crippen LogP contribution in [0, 0.1) is 0 Å². The number of aromatic nitrogens is 2. The number of carbonyl (C=O) groups is 2. The smallest absolute Gasteiger partial charge is 0.337 e. The van der Waals surface area contributed by atoms with Crippen LogP contribution in [0.15, 0.2) is 49.9 Å². The van der Waals surface area contributed by atoms with Gasteiger partial charge < -0.3 is 13.6 Å². The number of anilines is 1. The third kappa shape index (κ3) is 3.35. The Kier molecular flexibility index (Phi) is 4.43. The molecule has 3 aromatic rings. The van der Waals surface area contributed by atoms with E-state index in [2.05, 4.69) is 36.2 Å². The van der Waals surface area contributed by atoms with Gasteiger partial charge in [0.1, 0.15) is 0 Å². The maximum atomic E-state index is 12.1. The number of furan rings is 1. The van der Waals surface area contributed by atoms with Gasteiger partial charge in [0.2, 0.25) is 0 Å². The van der Waals surface area contributed by atoms with E-state index in [1.807, 2.05) is 0 Å². The van der Waals surface area contributed by atoms with Crippen molar-refractivity contribution in [3.63, 3.8) is 0 Å². The number of amides is 1. The highest BCUT2D eigenvalue weighted by Gasteiger charge is 2.15. The highest BCUT2D eigenvalue weighted by Crippen LogP contribution is 2.25. The zero-order valence-electron chi connectivity index (χ0n) is 12.3. The Hall–Kier alpha value is -2.94. The lowest BCUT2D eigenvalue weighted by atomic mass is 10.1. The molecule has 0 bridgehead atoms. The molecule has 0 aliphatic carbocycles. The zero-order valence-corrected chi connectivity index (χ0v) is 13.9. The van der Waals surface area contributed by atoms with Crippen molar-refractivity contribution in [2.45, 2.75) is 0 Å². The predicted molar refractivity (Wildman–Crippen MR) is 85.4 cm³/mol. The molecule has 0 spiro atoms. The van der Waals surface area contributed by atoms with Crippen LogP contribution >= 0.6 is 15.9 Å². The van der Waals surface area contributed by atoms with E-state index in [0.717, 1.165) is 0 Å². The maximum absolute atomic E-state index is 12.1. The Morgan fingerprint density at radius 2 is 1.75 bits per heavy atom. The lowest BCUT2D eigenvalue weighted by Gasteiger charge is -2.02. The Morgan fingerprint density at radius 1 is 1.04 bits per heavy atom. The van der Waals surface area contributed by atoms with Crippen molar-refractivity contribution in [1.29, 1.82) is 0 Å². The highest BCUT2D eigenvalue weighted by molar-refractivity contribution is 9.10. The van der Waals surface area contributed by atoms with Crippen molar-refractivity contribution in [2.75, 3.05) is 12.4 Å². The van der Waals surface area contributed by atoms with Crippen LogP contribution in [0.25, 0.3) is 11.7 Å². The first-order valence-corrected chi connectivity index (χ1v) is 7.45. The molecular formula is C15H10BrN3O5. The lowest BCUT2D eigenvalue weighted by molar-refractivity contribution is 0.0600. The summed E-state index contributed by atoms with van der Waals surface area (Å²) in [6.07, 6.45) is 0. The largest absolute Gasteiger partial charge is 0.465 e. The molecule has 2 aromatic heterocycles. The van der Waals surface area contributed by atoms with Crippen molar-refractivity contribution >= 4 is 33.8 Å². The molecule has 8 nitrogen and oxygen atoms in total. The quantitative estimate of drug-likeness (QED) is 0.680. The van der Waals surface area contributed by atoms with E-state index in [1.54, 1.807) is 12.1 Å². The standard InChI is InChI=1S/C15H10BrN3O5/c1-22-14(21)9-4-2-8(3-5-9)12(20)17-15-19-18-13(24-15)10-6-7-11(16)23-10/h2-7H,1H3,(H,17,19,20). The van der Waals surface area contributed by atoms with Crippen LogP contribution < -0.4 is 5.32 Å². The van der Waals surface area contributed by atoms with Crippen molar-refractivity contribution in [3.05, 3.63) is 52.2 Å². The molecule has 0 unspecified atom stereocenters. The number of halogens is 1. The number of benzene rings is 1. The molecule has 0 atom stereocenters. The number of hydrogen-bond donors (Lipinski definition) is 1. The minimum absolute atomic E-state index is 0.0698. The van der Waals surface area contributed by atoms with Gasteiger partial charge in [0.25, 0.3) is 11.8 Å². The van der Waals surface area contributed by atoms with Crippen LogP contribution in [0.2, 0.25) is 0 Å². The van der Waals surface area contributed by atoms with E-state index in [1.165, 1.54) is 31.4 Å². The second kappa shape index (κ2) is 6.67. The van der Waals surface area contributed by atoms with E-state index in [-0.39, 0.29) is 11.9 Å². The number of esters is 1. The van der Waals surface area contributed by atoms with Crippen molar-refractivity contribution < 1.29 is 23.2 Å². The maximum Gasteiger partial charge on any atom is 0.337 e. The third-order valence-corrected chi connectivity index (χ3v) is 3.42. The van der Waals surface area contributed by atoms with E-state index < -0.39 is 11.9 Å². The van der Waals surface area contributed by atoms with Gasteiger partial charge in [0.15, 0.2) is 10.4 Å². The normalized spacial score (nSPS) is 10.4. The second-order valence-electron chi connectivity index (χ2n) is 4.54. The number of rotatable bonds is 4. The average molecular weight is 392 g/mol. The molecule has 0 radical (unpaired) electrons. The minimum Gasteiger partial charge on any atom is -0.465 e. The molecule has 24 heavy (non-hydrogen) atoms. The first kappa shape index (κ1) is 15.9. The van der Waals surface area contributed by atoms with Crippen LogP contribution in [0.1, 0.15) is 20.7 Å². The fourth-order valence-corrected chi connectivity index (χ4v) is 2.15. The van der Waals surface area contributed by atoms with E-state index in [0.29, 0.717) is 21.6 Å². The molecule has 9 heteroatoms. The number of hydrogen-bond acceptors (Lipinski definition) is 7. The summed E-state index contributed by atoms with van der Waals surface area (Å²) in [5, 5.41) is 9.99. The molecule has 0 saturated heterocycles. The van der Waals surface area contributed by atoms with Gasteiger partial charge in [0, 0.05) is 5.56 Å². The van der Waals surface area contributed by atoms with Gasteiger partial charge >= 0.3 is 12.0 Å². The highest BCUT2D eigenvalue weighted by atomic mass is 79.9. The summed E-state index contributed by atoms with van der Waals surface area (Å²) in [6.45, 7) is 0. The van der Waals surface area contributed by atoms with Gasteiger partial charge in [-0.05, 0) is 52.3 Å². The fraction of sp³-hybridized carbons (Fsp3) is 0.0667. The summed E-state index contributed by atoms with van der Waals surface area (Å²) in [7, 11) is 1.29. The average Bonchev–Trinajstić information content (AvgIpc) is 3.23. The Morgan fingerprint density at radius 3 is 2.38 bits per heavy atom. The third-order valence-electron chi connectivity index (χ3n) is 3.00. The lowest BCUT2D eigenvalue weighted by Crippen LogP contribution is -2.12. The number of ether oxygens (including phenoxy) is 1.